The molecule has 0 aromatic heterocycles. The van der Waals surface area contributed by atoms with Gasteiger partial charge < -0.3 is 0 Å². The first-order valence-corrected chi connectivity index (χ1v) is 5.35. The van der Waals surface area contributed by atoms with Crippen LogP contribution in [0.25, 0.3) is 0 Å². The third-order valence-corrected chi connectivity index (χ3v) is 3.41. The highest BCUT2D eigenvalue weighted by molar-refractivity contribution is 6.08. The third-order valence-electron chi connectivity index (χ3n) is 3.41. The van der Waals surface area contributed by atoms with Gasteiger partial charge in [-0.1, -0.05) is 18.2 Å². The Morgan fingerprint density at radius 2 is 1.88 bits per heavy atom. The SMILES string of the molecule is Cc1ccc(C2(C)CC(=O)NC2=O)cc1C. The van der Waals surface area contributed by atoms with E-state index in [1.165, 1.54) is 5.56 Å². The first-order valence-electron chi connectivity index (χ1n) is 5.35. The maximum Gasteiger partial charge on any atom is 0.237 e. The van der Waals surface area contributed by atoms with Crippen molar-refractivity contribution in [3.63, 3.8) is 0 Å². The monoisotopic (exact) mass is 217 g/mol. The Bertz CT molecular complexity index is 479. The molecular formula is C13H15NO2. The van der Waals surface area contributed by atoms with Gasteiger partial charge in [-0.3, -0.25) is 14.9 Å². The van der Waals surface area contributed by atoms with E-state index in [-0.39, 0.29) is 18.2 Å². The van der Waals surface area contributed by atoms with E-state index < -0.39 is 5.41 Å². The van der Waals surface area contributed by atoms with Crippen LogP contribution in [-0.4, -0.2) is 11.8 Å². The molecule has 0 aliphatic carbocycles. The van der Waals surface area contributed by atoms with Crippen LogP contribution in [0.3, 0.4) is 0 Å². The van der Waals surface area contributed by atoms with Crippen molar-refractivity contribution in [3.8, 4) is 0 Å². The topological polar surface area (TPSA) is 46.2 Å². The second-order valence-corrected chi connectivity index (χ2v) is 4.69. The number of rotatable bonds is 1. The fourth-order valence-electron chi connectivity index (χ4n) is 2.03. The average molecular weight is 217 g/mol. The summed E-state index contributed by atoms with van der Waals surface area (Å²) < 4.78 is 0. The molecule has 3 nitrogen and oxygen atoms in total. The Kier molecular flexibility index (Phi) is 2.34. The molecule has 0 bridgehead atoms. The molecule has 1 saturated heterocycles. The number of benzene rings is 1. The summed E-state index contributed by atoms with van der Waals surface area (Å²) in [4.78, 5) is 23.0. The summed E-state index contributed by atoms with van der Waals surface area (Å²) in [7, 11) is 0. The van der Waals surface area contributed by atoms with Crippen LogP contribution in [0.5, 0.6) is 0 Å². The van der Waals surface area contributed by atoms with Crippen molar-refractivity contribution in [1.29, 1.82) is 0 Å². The summed E-state index contributed by atoms with van der Waals surface area (Å²) >= 11 is 0. The van der Waals surface area contributed by atoms with Gasteiger partial charge in [0.1, 0.15) is 0 Å². The predicted octanol–water partition coefficient (Wildman–Crippen LogP) is 1.61. The van der Waals surface area contributed by atoms with Crippen LogP contribution in [0.2, 0.25) is 0 Å². The number of carbonyl (C=O) groups is 2. The molecule has 0 saturated carbocycles. The second kappa shape index (κ2) is 3.44. The lowest BCUT2D eigenvalue weighted by molar-refractivity contribution is -0.126. The molecule has 2 amide bonds. The lowest BCUT2D eigenvalue weighted by atomic mass is 9.80. The molecule has 0 spiro atoms. The summed E-state index contributed by atoms with van der Waals surface area (Å²) in [6.07, 6.45) is 0.244. The van der Waals surface area contributed by atoms with Gasteiger partial charge in [-0.25, -0.2) is 0 Å². The summed E-state index contributed by atoms with van der Waals surface area (Å²) in [5, 5.41) is 2.36. The Balaban J connectivity index is 2.47. The summed E-state index contributed by atoms with van der Waals surface area (Å²) in [5.41, 5.74) is 2.55. The van der Waals surface area contributed by atoms with E-state index in [0.29, 0.717) is 0 Å². The van der Waals surface area contributed by atoms with Crippen LogP contribution < -0.4 is 5.32 Å². The Morgan fingerprint density at radius 1 is 1.19 bits per heavy atom. The van der Waals surface area contributed by atoms with Gasteiger partial charge in [0.2, 0.25) is 11.8 Å². The second-order valence-electron chi connectivity index (χ2n) is 4.69. The van der Waals surface area contributed by atoms with Gasteiger partial charge in [0.25, 0.3) is 0 Å². The van der Waals surface area contributed by atoms with Gasteiger partial charge in [-0.15, -0.1) is 0 Å². The van der Waals surface area contributed by atoms with Crippen molar-refractivity contribution < 1.29 is 9.59 Å². The summed E-state index contributed by atoms with van der Waals surface area (Å²) in [5.74, 6) is -0.383. The minimum atomic E-state index is -0.699. The Morgan fingerprint density at radius 3 is 2.38 bits per heavy atom. The first-order chi connectivity index (χ1) is 7.43. The van der Waals surface area contributed by atoms with E-state index >= 15 is 0 Å². The molecule has 1 aromatic carbocycles. The average Bonchev–Trinajstić information content (AvgIpc) is 2.46. The van der Waals surface area contributed by atoms with Crippen molar-refractivity contribution in [2.75, 3.05) is 0 Å². The van der Waals surface area contributed by atoms with Crippen LogP contribution in [0.4, 0.5) is 0 Å². The molecule has 1 heterocycles. The van der Waals surface area contributed by atoms with Gasteiger partial charge in [0, 0.05) is 6.42 Å². The maximum atomic E-state index is 11.8. The molecule has 1 N–H and O–H groups in total. The molecule has 1 aliphatic rings. The van der Waals surface area contributed by atoms with Gasteiger partial charge in [0.15, 0.2) is 0 Å². The van der Waals surface area contributed by atoms with Crippen molar-refractivity contribution in [3.05, 3.63) is 34.9 Å². The van der Waals surface area contributed by atoms with Crippen molar-refractivity contribution in [2.45, 2.75) is 32.6 Å². The fourth-order valence-corrected chi connectivity index (χ4v) is 2.03. The van der Waals surface area contributed by atoms with E-state index in [2.05, 4.69) is 5.32 Å². The van der Waals surface area contributed by atoms with Crippen LogP contribution in [-0.2, 0) is 15.0 Å². The normalized spacial score (nSPS) is 24.7. The van der Waals surface area contributed by atoms with E-state index in [0.717, 1.165) is 11.1 Å². The molecule has 1 aromatic rings. The van der Waals surface area contributed by atoms with Gasteiger partial charge >= 0.3 is 0 Å². The molecule has 1 unspecified atom stereocenters. The predicted molar refractivity (Wildman–Crippen MR) is 61.0 cm³/mol. The molecule has 84 valence electrons. The largest absolute Gasteiger partial charge is 0.296 e. The zero-order valence-corrected chi connectivity index (χ0v) is 9.76. The minimum absolute atomic E-state index is 0.189. The smallest absolute Gasteiger partial charge is 0.237 e. The van der Waals surface area contributed by atoms with Crippen LogP contribution in [0, 0.1) is 13.8 Å². The molecule has 1 aliphatic heterocycles. The molecule has 3 heteroatoms. The number of carbonyl (C=O) groups excluding carboxylic acids is 2. The molecule has 2 rings (SSSR count). The minimum Gasteiger partial charge on any atom is -0.296 e. The zero-order valence-electron chi connectivity index (χ0n) is 9.76. The van der Waals surface area contributed by atoms with E-state index in [9.17, 15) is 9.59 Å². The fraction of sp³-hybridized carbons (Fsp3) is 0.385. The molecule has 16 heavy (non-hydrogen) atoms. The van der Waals surface area contributed by atoms with Crippen LogP contribution >= 0.6 is 0 Å². The van der Waals surface area contributed by atoms with E-state index in [1.807, 2.05) is 39.0 Å². The number of amides is 2. The number of aryl methyl sites for hydroxylation is 2. The van der Waals surface area contributed by atoms with E-state index in [1.54, 1.807) is 0 Å². The molecule has 1 fully saturated rings. The quantitative estimate of drug-likeness (QED) is 0.726. The number of hydrogen-bond acceptors (Lipinski definition) is 2. The highest BCUT2D eigenvalue weighted by Gasteiger charge is 2.43. The van der Waals surface area contributed by atoms with Crippen LogP contribution in [0.15, 0.2) is 18.2 Å². The Labute approximate surface area is 94.9 Å². The lowest BCUT2D eigenvalue weighted by Crippen LogP contribution is -2.32. The van der Waals surface area contributed by atoms with E-state index in [4.69, 9.17) is 0 Å². The van der Waals surface area contributed by atoms with Crippen molar-refractivity contribution in [2.24, 2.45) is 0 Å². The number of imide groups is 1. The summed E-state index contributed by atoms with van der Waals surface area (Å²) in [6.45, 7) is 5.86. The zero-order chi connectivity index (χ0) is 11.9. The van der Waals surface area contributed by atoms with Gasteiger partial charge in [-0.05, 0) is 37.5 Å². The summed E-state index contributed by atoms with van der Waals surface area (Å²) in [6, 6.07) is 5.92. The molecule has 1 atom stereocenters. The molecular weight excluding hydrogens is 202 g/mol. The van der Waals surface area contributed by atoms with Crippen molar-refractivity contribution >= 4 is 11.8 Å². The highest BCUT2D eigenvalue weighted by Crippen LogP contribution is 2.32. The standard InChI is InChI=1S/C13H15NO2/c1-8-4-5-10(6-9(8)2)13(3)7-11(15)14-12(13)16/h4-6H,7H2,1-3H3,(H,14,15,16). The van der Waals surface area contributed by atoms with Gasteiger partial charge in [-0.2, -0.15) is 0 Å². The molecule has 0 radical (unpaired) electrons. The number of hydrogen-bond donors (Lipinski definition) is 1. The maximum absolute atomic E-state index is 11.8. The number of nitrogens with one attached hydrogen (secondary N) is 1. The highest BCUT2D eigenvalue weighted by atomic mass is 16.2. The Hall–Kier alpha value is -1.64. The van der Waals surface area contributed by atoms with Gasteiger partial charge in [0.05, 0.1) is 5.41 Å². The van der Waals surface area contributed by atoms with Crippen molar-refractivity contribution in [1.82, 2.24) is 5.32 Å². The third kappa shape index (κ3) is 1.52. The lowest BCUT2D eigenvalue weighted by Gasteiger charge is -2.20. The first kappa shape index (κ1) is 10.9. The van der Waals surface area contributed by atoms with Crippen LogP contribution in [0.1, 0.15) is 30.0 Å².